The molecule has 0 aliphatic carbocycles. The molecule has 0 spiro atoms. The molecule has 5 nitrogen and oxygen atoms in total. The lowest BCUT2D eigenvalue weighted by molar-refractivity contribution is -0.135. The van der Waals surface area contributed by atoms with E-state index in [9.17, 15) is 9.59 Å². The van der Waals surface area contributed by atoms with E-state index in [-0.39, 0.29) is 0 Å². The van der Waals surface area contributed by atoms with Crippen molar-refractivity contribution >= 4 is 23.8 Å². The first-order valence-electron chi connectivity index (χ1n) is 4.57. The fraction of sp³-hybridized carbons (Fsp3) is 0.556. The predicted molar refractivity (Wildman–Crippen MR) is 56.3 cm³/mol. The fourth-order valence-electron chi connectivity index (χ4n) is 1.14. The van der Waals surface area contributed by atoms with Gasteiger partial charge < -0.3 is 9.47 Å². The highest BCUT2D eigenvalue weighted by atomic mass is 32.2. The Hall–Kier alpha value is -1.17. The Morgan fingerprint density at radius 1 is 1.53 bits per heavy atom. The molecule has 84 valence electrons. The summed E-state index contributed by atoms with van der Waals surface area (Å²) in [6.07, 6.45) is 0.116. The second-order valence-electron chi connectivity index (χ2n) is 2.74. The summed E-state index contributed by atoms with van der Waals surface area (Å²) in [6.45, 7) is 2.03. The number of nitrogens with one attached hydrogen (secondary N) is 1. The fourth-order valence-corrected chi connectivity index (χ4v) is 2.18. The molecule has 0 unspecified atom stereocenters. The molecule has 0 aromatic heterocycles. The van der Waals surface area contributed by atoms with Gasteiger partial charge in [0.25, 0.3) is 0 Å². The third kappa shape index (κ3) is 3.16. The minimum Gasteiger partial charge on any atom is -0.465 e. The number of hydrogen-bond donors (Lipinski definition) is 1. The third-order valence-corrected chi connectivity index (χ3v) is 2.88. The van der Waals surface area contributed by atoms with Gasteiger partial charge in [0.2, 0.25) is 0 Å². The highest BCUT2D eigenvalue weighted by molar-refractivity contribution is 8.04. The molecule has 1 N–H and O–H groups in total. The van der Waals surface area contributed by atoms with Gasteiger partial charge in [0.15, 0.2) is 0 Å². The van der Waals surface area contributed by atoms with Gasteiger partial charge in [0, 0.05) is 11.4 Å². The van der Waals surface area contributed by atoms with Crippen molar-refractivity contribution in [3.8, 4) is 0 Å². The first-order chi connectivity index (χ1) is 7.19. The van der Waals surface area contributed by atoms with Gasteiger partial charge in [0.05, 0.1) is 13.7 Å². The number of rotatable bonds is 3. The van der Waals surface area contributed by atoms with Crippen molar-refractivity contribution in [2.45, 2.75) is 13.3 Å². The van der Waals surface area contributed by atoms with Crippen LogP contribution in [0.5, 0.6) is 0 Å². The van der Waals surface area contributed by atoms with E-state index in [0.717, 1.165) is 5.75 Å². The minimum absolute atomic E-state index is 0.305. The van der Waals surface area contributed by atoms with Crippen molar-refractivity contribution in [1.29, 1.82) is 0 Å². The molecule has 1 heterocycles. The number of allylic oxidation sites excluding steroid dienone is 1. The Morgan fingerprint density at radius 3 is 2.87 bits per heavy atom. The zero-order chi connectivity index (χ0) is 11.3. The molecule has 1 aliphatic heterocycles. The lowest BCUT2D eigenvalue weighted by atomic mass is 10.3. The van der Waals surface area contributed by atoms with E-state index in [1.807, 2.05) is 0 Å². The van der Waals surface area contributed by atoms with Crippen LogP contribution in [0.4, 0.5) is 4.79 Å². The number of ether oxygens (including phenoxy) is 2. The number of esters is 1. The van der Waals surface area contributed by atoms with E-state index in [2.05, 4.69) is 10.1 Å². The summed E-state index contributed by atoms with van der Waals surface area (Å²) in [7, 11) is 1.32. The monoisotopic (exact) mass is 231 g/mol. The van der Waals surface area contributed by atoms with Crippen LogP contribution in [0, 0.1) is 0 Å². The Balaban J connectivity index is 2.65. The quantitative estimate of drug-likeness (QED) is 0.741. The van der Waals surface area contributed by atoms with E-state index in [0.29, 0.717) is 23.6 Å². The van der Waals surface area contributed by atoms with Crippen molar-refractivity contribution in [1.82, 2.24) is 5.32 Å². The van der Waals surface area contributed by atoms with Crippen LogP contribution >= 0.6 is 11.8 Å². The van der Waals surface area contributed by atoms with Gasteiger partial charge in [0.1, 0.15) is 4.91 Å². The Morgan fingerprint density at radius 2 is 2.27 bits per heavy atom. The lowest BCUT2D eigenvalue weighted by Gasteiger charge is -2.07. The molecule has 6 heteroatoms. The number of hydrogen-bond acceptors (Lipinski definition) is 5. The maximum absolute atomic E-state index is 11.3. The van der Waals surface area contributed by atoms with Crippen LogP contribution in [0.3, 0.4) is 0 Å². The second-order valence-corrected chi connectivity index (χ2v) is 3.85. The van der Waals surface area contributed by atoms with E-state index in [1.54, 1.807) is 6.92 Å². The molecule has 15 heavy (non-hydrogen) atoms. The molecule has 0 atom stereocenters. The topological polar surface area (TPSA) is 64.6 Å². The molecule has 0 aromatic carbocycles. The zero-order valence-electron chi connectivity index (χ0n) is 8.66. The zero-order valence-corrected chi connectivity index (χ0v) is 9.48. The van der Waals surface area contributed by atoms with Gasteiger partial charge >= 0.3 is 12.1 Å². The van der Waals surface area contributed by atoms with Gasteiger partial charge in [-0.25, -0.2) is 9.59 Å². The summed E-state index contributed by atoms with van der Waals surface area (Å²) in [5.74, 6) is 0.357. The summed E-state index contributed by atoms with van der Waals surface area (Å²) in [5, 5.41) is 2.54. The number of alkyl carbamates (subject to hydrolysis) is 1. The van der Waals surface area contributed by atoms with Crippen LogP contribution in [0.2, 0.25) is 0 Å². The molecule has 0 fully saturated rings. The van der Waals surface area contributed by atoms with Crippen LogP contribution < -0.4 is 5.32 Å². The van der Waals surface area contributed by atoms with Crippen molar-refractivity contribution in [3.05, 3.63) is 10.6 Å². The highest BCUT2D eigenvalue weighted by Gasteiger charge is 2.23. The van der Waals surface area contributed by atoms with Crippen molar-refractivity contribution in [3.63, 3.8) is 0 Å². The SMILES string of the molecule is CCOC(=O)NC1=C(C(=O)OC)SCC1. The summed E-state index contributed by atoms with van der Waals surface area (Å²) >= 11 is 1.38. The van der Waals surface area contributed by atoms with Crippen LogP contribution in [-0.2, 0) is 14.3 Å². The average molecular weight is 231 g/mol. The summed E-state index contributed by atoms with van der Waals surface area (Å²) in [6, 6.07) is 0. The van der Waals surface area contributed by atoms with Crippen molar-refractivity contribution < 1.29 is 19.1 Å². The first kappa shape index (κ1) is 11.9. The maximum atomic E-state index is 11.3. The normalized spacial score (nSPS) is 15.1. The van der Waals surface area contributed by atoms with E-state index in [1.165, 1.54) is 18.9 Å². The molecule has 0 radical (unpaired) electrons. The van der Waals surface area contributed by atoms with Crippen molar-refractivity contribution in [2.75, 3.05) is 19.5 Å². The van der Waals surface area contributed by atoms with Crippen LogP contribution in [-0.4, -0.2) is 31.5 Å². The Kier molecular flexibility index (Phi) is 4.48. The standard InChI is InChI=1S/C9H13NO4S/c1-3-14-9(12)10-6-4-5-15-7(6)8(11)13-2/h3-5H2,1-2H3,(H,10,12). The van der Waals surface area contributed by atoms with Crippen molar-refractivity contribution in [2.24, 2.45) is 0 Å². The smallest absolute Gasteiger partial charge is 0.411 e. The Labute approximate surface area is 92.2 Å². The van der Waals surface area contributed by atoms with Gasteiger partial charge in [-0.3, -0.25) is 5.32 Å². The average Bonchev–Trinajstić information content (AvgIpc) is 2.65. The molecular formula is C9H13NO4S. The van der Waals surface area contributed by atoms with E-state index in [4.69, 9.17) is 4.74 Å². The van der Waals surface area contributed by atoms with Crippen LogP contribution in [0.1, 0.15) is 13.3 Å². The molecule has 1 aliphatic rings. The van der Waals surface area contributed by atoms with Gasteiger partial charge in [-0.2, -0.15) is 0 Å². The lowest BCUT2D eigenvalue weighted by Crippen LogP contribution is -2.24. The van der Waals surface area contributed by atoms with E-state index >= 15 is 0 Å². The van der Waals surface area contributed by atoms with Gasteiger partial charge in [-0.1, -0.05) is 0 Å². The highest BCUT2D eigenvalue weighted by Crippen LogP contribution is 2.30. The summed E-state index contributed by atoms with van der Waals surface area (Å²) in [5.41, 5.74) is 0.588. The summed E-state index contributed by atoms with van der Waals surface area (Å²) in [4.78, 5) is 22.9. The number of thioether (sulfide) groups is 1. The molecule has 1 amide bonds. The van der Waals surface area contributed by atoms with Gasteiger partial charge in [-0.05, 0) is 13.3 Å². The van der Waals surface area contributed by atoms with Gasteiger partial charge in [-0.15, -0.1) is 11.8 Å². The number of methoxy groups -OCH3 is 1. The molecule has 1 rings (SSSR count). The third-order valence-electron chi connectivity index (χ3n) is 1.77. The molecular weight excluding hydrogens is 218 g/mol. The minimum atomic E-state index is -0.531. The number of carbonyl (C=O) groups is 2. The molecule has 0 bridgehead atoms. The first-order valence-corrected chi connectivity index (χ1v) is 5.55. The summed E-state index contributed by atoms with van der Waals surface area (Å²) < 4.78 is 9.32. The number of carbonyl (C=O) groups excluding carboxylic acids is 2. The predicted octanol–water partition coefficient (Wildman–Crippen LogP) is 1.25. The largest absolute Gasteiger partial charge is 0.465 e. The van der Waals surface area contributed by atoms with E-state index < -0.39 is 12.1 Å². The molecule has 0 aromatic rings. The maximum Gasteiger partial charge on any atom is 0.411 e. The van der Waals surface area contributed by atoms with Crippen LogP contribution in [0.25, 0.3) is 0 Å². The second kappa shape index (κ2) is 5.65. The molecule has 0 saturated carbocycles. The Bertz CT molecular complexity index is 300. The van der Waals surface area contributed by atoms with Crippen LogP contribution in [0.15, 0.2) is 10.6 Å². The number of amides is 1. The molecule has 0 saturated heterocycles.